The van der Waals surface area contributed by atoms with E-state index in [0.717, 1.165) is 5.56 Å². The maximum atomic E-state index is 9.31. The Hall–Kier alpha value is -1.55. The summed E-state index contributed by atoms with van der Waals surface area (Å²) in [6, 6.07) is 10.1. The molecular formula is C18H27IN4. The normalized spacial score (nSPS) is 9.87. The van der Waals surface area contributed by atoms with Crippen LogP contribution in [-0.4, -0.2) is 14.7 Å². The Morgan fingerprint density at radius 3 is 2.00 bits per heavy atom. The van der Waals surface area contributed by atoms with Gasteiger partial charge in [0.05, 0.1) is 5.54 Å². The topological polar surface area (TPSA) is 67.6 Å². The number of hydrogen-bond acceptors (Lipinski definition) is 3. The Bertz CT molecular complexity index is 643. The smallest absolute Gasteiger partial charge is 0.141 e. The monoisotopic (exact) mass is 426 g/mol. The Labute approximate surface area is 153 Å². The zero-order valence-corrected chi connectivity index (χ0v) is 17.3. The van der Waals surface area contributed by atoms with Gasteiger partial charge in [0.15, 0.2) is 0 Å². The van der Waals surface area contributed by atoms with Crippen molar-refractivity contribution in [3.05, 3.63) is 35.4 Å². The summed E-state index contributed by atoms with van der Waals surface area (Å²) in [6.07, 6.45) is 0. The van der Waals surface area contributed by atoms with Crippen molar-refractivity contribution in [2.24, 2.45) is 0 Å². The first-order valence-electron chi connectivity index (χ1n) is 7.58. The van der Waals surface area contributed by atoms with E-state index in [0.29, 0.717) is 17.1 Å². The maximum absolute atomic E-state index is 9.31. The molecule has 0 atom stereocenters. The predicted molar refractivity (Wildman–Crippen MR) is 108 cm³/mol. The number of anilines is 1. The third-order valence-corrected chi connectivity index (χ3v) is 2.99. The number of rotatable bonds is 1. The maximum Gasteiger partial charge on any atom is 0.141 e. The van der Waals surface area contributed by atoms with Crippen molar-refractivity contribution in [2.75, 3.05) is 10.7 Å². The molecule has 0 amide bonds. The van der Waals surface area contributed by atoms with E-state index in [-0.39, 0.29) is 5.54 Å². The Morgan fingerprint density at radius 1 is 1.13 bits per heavy atom. The van der Waals surface area contributed by atoms with Gasteiger partial charge in [-0.3, -0.25) is 0 Å². The number of nitrogen functional groups attached to an aromatic ring is 1. The lowest BCUT2D eigenvalue weighted by molar-refractivity contribution is 0.362. The Kier molecular flexibility index (Phi) is 8.91. The van der Waals surface area contributed by atoms with E-state index >= 15 is 0 Å². The van der Waals surface area contributed by atoms with Crippen LogP contribution < -0.4 is 5.73 Å². The minimum Gasteiger partial charge on any atom is -0.383 e. The molecule has 1 aromatic carbocycles. The van der Waals surface area contributed by atoms with E-state index < -0.39 is 0 Å². The molecule has 2 rings (SSSR count). The summed E-state index contributed by atoms with van der Waals surface area (Å²) >= 11 is 2.15. The molecule has 4 nitrogen and oxygen atoms in total. The van der Waals surface area contributed by atoms with Gasteiger partial charge in [-0.25, -0.2) is 4.68 Å². The lowest BCUT2D eigenvalue weighted by atomic mass is 10.1. The third kappa shape index (κ3) is 5.24. The lowest BCUT2D eigenvalue weighted by Gasteiger charge is -2.20. The average molecular weight is 426 g/mol. The fourth-order valence-corrected chi connectivity index (χ4v) is 1.97. The number of benzene rings is 1. The average Bonchev–Trinajstić information content (AvgIpc) is 2.89. The molecule has 0 fully saturated rings. The molecule has 0 radical (unpaired) electrons. The van der Waals surface area contributed by atoms with Crippen molar-refractivity contribution in [1.29, 1.82) is 5.26 Å². The molecule has 0 saturated heterocycles. The first-order valence-corrected chi connectivity index (χ1v) is 9.74. The molecule has 2 N–H and O–H groups in total. The van der Waals surface area contributed by atoms with Crippen LogP contribution in [0.5, 0.6) is 0 Å². The van der Waals surface area contributed by atoms with Gasteiger partial charge in [-0.2, -0.15) is 10.4 Å². The number of alkyl halides is 1. The molecule has 23 heavy (non-hydrogen) atoms. The third-order valence-electron chi connectivity index (χ3n) is 2.99. The van der Waals surface area contributed by atoms with Crippen LogP contribution in [0, 0.1) is 18.3 Å². The van der Waals surface area contributed by atoms with Gasteiger partial charge < -0.3 is 5.73 Å². The molecule has 0 aliphatic carbocycles. The molecule has 0 saturated carbocycles. The molecule has 5 heteroatoms. The second-order valence-electron chi connectivity index (χ2n) is 5.67. The predicted octanol–water partition coefficient (Wildman–Crippen LogP) is 5.14. The standard InChI is InChI=1S/C15H18N4.C2H6.CH3I/c1-10-5-7-11(8-6-10)13-12(9-16)14(17)19(18-13)15(2,3)4;2*1-2/h5-8H,17H2,1-4H3;1-2H3;1H3. The minimum atomic E-state index is -0.251. The highest BCUT2D eigenvalue weighted by Crippen LogP contribution is 2.30. The summed E-state index contributed by atoms with van der Waals surface area (Å²) in [7, 11) is 0. The summed E-state index contributed by atoms with van der Waals surface area (Å²) in [5, 5.41) is 13.8. The van der Waals surface area contributed by atoms with Crippen LogP contribution in [0.1, 0.15) is 45.7 Å². The van der Waals surface area contributed by atoms with Gasteiger partial charge in [-0.1, -0.05) is 66.3 Å². The molecule has 1 heterocycles. The quantitative estimate of drug-likeness (QED) is 0.507. The zero-order chi connectivity index (χ0) is 18.2. The highest BCUT2D eigenvalue weighted by atomic mass is 127. The van der Waals surface area contributed by atoms with Gasteiger partial charge >= 0.3 is 0 Å². The van der Waals surface area contributed by atoms with Gasteiger partial charge in [0.1, 0.15) is 23.1 Å². The fraction of sp³-hybridized carbons (Fsp3) is 0.444. The molecule has 0 aliphatic heterocycles. The van der Waals surface area contributed by atoms with Crippen molar-refractivity contribution in [3.8, 4) is 17.3 Å². The summed E-state index contributed by atoms with van der Waals surface area (Å²) in [4.78, 5) is 1.97. The van der Waals surface area contributed by atoms with Gasteiger partial charge in [-0.15, -0.1) is 0 Å². The van der Waals surface area contributed by atoms with Crippen LogP contribution in [0.25, 0.3) is 11.3 Å². The van der Waals surface area contributed by atoms with Gasteiger partial charge in [0, 0.05) is 5.56 Å². The largest absolute Gasteiger partial charge is 0.383 e. The van der Waals surface area contributed by atoms with E-state index in [1.54, 1.807) is 4.68 Å². The molecule has 0 spiro atoms. The van der Waals surface area contributed by atoms with E-state index in [1.165, 1.54) is 5.56 Å². The van der Waals surface area contributed by atoms with E-state index in [4.69, 9.17) is 5.73 Å². The number of nitriles is 1. The van der Waals surface area contributed by atoms with Crippen LogP contribution in [0.2, 0.25) is 0 Å². The highest BCUT2D eigenvalue weighted by molar-refractivity contribution is 14.1. The van der Waals surface area contributed by atoms with Crippen LogP contribution >= 0.6 is 22.6 Å². The molecule has 2 aromatic rings. The second-order valence-corrected chi connectivity index (χ2v) is 5.67. The van der Waals surface area contributed by atoms with E-state index in [2.05, 4.69) is 33.8 Å². The fourth-order valence-electron chi connectivity index (χ4n) is 1.97. The lowest BCUT2D eigenvalue weighted by Crippen LogP contribution is -2.24. The first kappa shape index (κ1) is 21.4. The van der Waals surface area contributed by atoms with Gasteiger partial charge in [-0.05, 0) is 32.6 Å². The van der Waals surface area contributed by atoms with Crippen molar-refractivity contribution < 1.29 is 0 Å². The summed E-state index contributed by atoms with van der Waals surface area (Å²) in [5.41, 5.74) is 8.97. The number of nitrogens with zero attached hydrogens (tertiary/aromatic N) is 3. The minimum absolute atomic E-state index is 0.251. The molecule has 0 bridgehead atoms. The summed E-state index contributed by atoms with van der Waals surface area (Å²) in [6.45, 7) is 12.1. The van der Waals surface area contributed by atoms with Gasteiger partial charge in [0.25, 0.3) is 0 Å². The van der Waals surface area contributed by atoms with Crippen molar-refractivity contribution in [2.45, 2.75) is 47.1 Å². The number of aryl methyl sites for hydroxylation is 1. The van der Waals surface area contributed by atoms with Crippen LogP contribution in [0.3, 0.4) is 0 Å². The molecule has 0 unspecified atom stereocenters. The molecule has 0 aliphatic rings. The van der Waals surface area contributed by atoms with Crippen LogP contribution in [-0.2, 0) is 5.54 Å². The molecule has 1 aromatic heterocycles. The number of aromatic nitrogens is 2. The van der Waals surface area contributed by atoms with Crippen LogP contribution in [0.15, 0.2) is 24.3 Å². The second kappa shape index (κ2) is 9.56. The van der Waals surface area contributed by atoms with Crippen LogP contribution in [0.4, 0.5) is 5.82 Å². The van der Waals surface area contributed by atoms with E-state index in [9.17, 15) is 5.26 Å². The Balaban J connectivity index is 0.00000112. The summed E-state index contributed by atoms with van der Waals surface area (Å²) < 4.78 is 1.71. The molecule has 126 valence electrons. The van der Waals surface area contributed by atoms with Crippen molar-refractivity contribution in [3.63, 3.8) is 0 Å². The number of hydrogen-bond donors (Lipinski definition) is 1. The van der Waals surface area contributed by atoms with Gasteiger partial charge in [0.2, 0.25) is 0 Å². The van der Waals surface area contributed by atoms with E-state index in [1.807, 2.05) is 70.7 Å². The molecular weight excluding hydrogens is 399 g/mol. The number of nitrogens with two attached hydrogens (primary N) is 1. The zero-order valence-electron chi connectivity index (χ0n) is 15.1. The first-order chi connectivity index (χ1) is 10.8. The Morgan fingerprint density at radius 2 is 1.61 bits per heavy atom. The SMILES string of the molecule is CC.CI.Cc1ccc(-c2nn(C(C)(C)C)c(N)c2C#N)cc1. The highest BCUT2D eigenvalue weighted by Gasteiger charge is 2.23. The van der Waals surface area contributed by atoms with Crippen molar-refractivity contribution in [1.82, 2.24) is 9.78 Å². The summed E-state index contributed by atoms with van der Waals surface area (Å²) in [5.74, 6) is 0.422. The van der Waals surface area contributed by atoms with Crippen molar-refractivity contribution >= 4 is 28.4 Å². The number of halogens is 1.